The Labute approximate surface area is 204 Å². The summed E-state index contributed by atoms with van der Waals surface area (Å²) in [6.07, 6.45) is 2.21. The lowest BCUT2D eigenvalue weighted by Gasteiger charge is -2.17. The number of anilines is 3. The maximum Gasteiger partial charge on any atom is 0.442 e. The quantitative estimate of drug-likeness (QED) is 0.394. The number of ether oxygens (including phenoxy) is 2. The number of nitrogens with one attached hydrogen (secondary N) is 2. The molecule has 0 radical (unpaired) electrons. The summed E-state index contributed by atoms with van der Waals surface area (Å²) >= 11 is 0. The van der Waals surface area contributed by atoms with Crippen LogP contribution in [-0.2, 0) is 14.5 Å². The number of hydrogen-bond donors (Lipinski definition) is 3. The van der Waals surface area contributed by atoms with E-state index in [1.165, 1.54) is 6.26 Å². The molecule has 1 aromatic heterocycles. The van der Waals surface area contributed by atoms with Crippen LogP contribution in [0.2, 0.25) is 0 Å². The van der Waals surface area contributed by atoms with Crippen molar-refractivity contribution in [3.8, 4) is 16.9 Å². The zero-order valence-corrected chi connectivity index (χ0v) is 20.8. The fourth-order valence-corrected chi connectivity index (χ4v) is 4.18. The number of benzene rings is 2. The molecule has 35 heavy (non-hydrogen) atoms. The first-order chi connectivity index (χ1) is 16.7. The summed E-state index contributed by atoms with van der Waals surface area (Å²) < 4.78 is 26.5. The third kappa shape index (κ3) is 6.90. The van der Waals surface area contributed by atoms with Crippen molar-refractivity contribution < 1.29 is 23.6 Å². The lowest BCUT2D eigenvalue weighted by molar-refractivity contribution is 0.164. The van der Waals surface area contributed by atoms with E-state index in [9.17, 15) is 14.1 Å². The first-order valence-electron chi connectivity index (χ1n) is 10.9. The number of carbonyl (C=O) groups excluding carboxylic acids is 1. The van der Waals surface area contributed by atoms with Crippen molar-refractivity contribution in [2.24, 2.45) is 4.36 Å². The summed E-state index contributed by atoms with van der Waals surface area (Å²) in [7, 11) is -1.34. The van der Waals surface area contributed by atoms with Crippen molar-refractivity contribution in [1.29, 1.82) is 0 Å². The van der Waals surface area contributed by atoms with Gasteiger partial charge in [-0.25, -0.2) is 14.0 Å². The van der Waals surface area contributed by atoms with Gasteiger partial charge in [0.05, 0.1) is 30.1 Å². The fraction of sp³-hybridized carbons (Fsp3) is 0.292. The van der Waals surface area contributed by atoms with Crippen LogP contribution in [0.4, 0.5) is 22.2 Å². The van der Waals surface area contributed by atoms with Gasteiger partial charge in [-0.1, -0.05) is 12.1 Å². The number of nitrogens with zero attached hydrogens (tertiary/aromatic N) is 3. The molecule has 0 saturated heterocycles. The van der Waals surface area contributed by atoms with Gasteiger partial charge in [-0.15, -0.1) is 4.36 Å². The summed E-state index contributed by atoms with van der Waals surface area (Å²) in [5, 5.41) is 15.8. The lowest BCUT2D eigenvalue weighted by Crippen LogP contribution is -2.21. The highest BCUT2D eigenvalue weighted by Crippen LogP contribution is 2.30. The maximum absolute atomic E-state index is 12.8. The Bertz CT molecular complexity index is 1290. The molecule has 3 rings (SSSR count). The van der Waals surface area contributed by atoms with Crippen molar-refractivity contribution in [3.63, 3.8) is 0 Å². The highest BCUT2D eigenvalue weighted by Gasteiger charge is 2.14. The van der Waals surface area contributed by atoms with Gasteiger partial charge in [0.1, 0.15) is 11.6 Å². The Morgan fingerprint density at radius 3 is 2.63 bits per heavy atom. The minimum absolute atomic E-state index is 0.0705. The summed E-state index contributed by atoms with van der Waals surface area (Å²) in [6, 6.07) is 13.9. The van der Waals surface area contributed by atoms with E-state index in [1.807, 2.05) is 31.2 Å². The summed E-state index contributed by atoms with van der Waals surface area (Å²) in [6.45, 7) is 3.58. The Balaban J connectivity index is 1.88. The second kappa shape index (κ2) is 11.6. The first-order valence-corrected chi connectivity index (χ1v) is 12.8. The first kappa shape index (κ1) is 25.9. The van der Waals surface area contributed by atoms with Crippen molar-refractivity contribution in [2.45, 2.75) is 24.8 Å². The molecule has 10 nitrogen and oxygen atoms in total. The van der Waals surface area contributed by atoms with Crippen molar-refractivity contribution in [2.75, 3.05) is 37.2 Å². The zero-order chi connectivity index (χ0) is 25.4. The summed E-state index contributed by atoms with van der Waals surface area (Å²) in [4.78, 5) is 21.0. The van der Waals surface area contributed by atoms with E-state index in [0.29, 0.717) is 28.1 Å². The van der Waals surface area contributed by atoms with Crippen LogP contribution in [0.1, 0.15) is 13.8 Å². The number of amides is 1. The second-order valence-electron chi connectivity index (χ2n) is 7.66. The largest absolute Gasteiger partial charge is 0.497 e. The third-order valence-corrected chi connectivity index (χ3v) is 6.54. The molecule has 0 fully saturated rings. The van der Waals surface area contributed by atoms with E-state index in [0.717, 1.165) is 11.1 Å². The van der Waals surface area contributed by atoms with Crippen LogP contribution in [0.5, 0.6) is 5.75 Å². The Kier molecular flexibility index (Phi) is 8.61. The molecule has 0 aliphatic rings. The van der Waals surface area contributed by atoms with Gasteiger partial charge < -0.3 is 25.2 Å². The van der Waals surface area contributed by atoms with Crippen LogP contribution in [0.3, 0.4) is 0 Å². The Morgan fingerprint density at radius 2 is 1.97 bits per heavy atom. The molecule has 0 aliphatic heterocycles. The zero-order valence-electron chi connectivity index (χ0n) is 20.0. The molecule has 2 aromatic carbocycles. The van der Waals surface area contributed by atoms with Gasteiger partial charge in [0.2, 0.25) is 5.95 Å². The molecule has 0 bridgehead atoms. The minimum atomic E-state index is -2.94. The standard InChI is InChI=1S/C24H29N5O5S/c1-5-34-24(31)29-35(4,32)20-11-9-18(10-12-20)27-23-25-14-21(22(28-23)26-16(2)15-30)17-7-6-8-19(13-17)33-3/h6-14,16,30H,5,15H2,1-4H3,(H2,25,26,27,28)/t16-,35?/m1/s1. The summed E-state index contributed by atoms with van der Waals surface area (Å²) in [5.74, 6) is 1.57. The number of hydrogen-bond acceptors (Lipinski definition) is 9. The Hall–Kier alpha value is -3.70. The van der Waals surface area contributed by atoms with Gasteiger partial charge >= 0.3 is 6.09 Å². The lowest BCUT2D eigenvalue weighted by atomic mass is 10.1. The predicted octanol–water partition coefficient (Wildman–Crippen LogP) is 4.30. The topological polar surface area (TPSA) is 135 Å². The third-order valence-electron chi connectivity index (χ3n) is 4.89. The molecular formula is C24H29N5O5S. The number of aromatic nitrogens is 2. The SMILES string of the molecule is CCOC(=O)N=S(C)(=O)c1ccc(Nc2ncc(-c3cccc(OC)c3)c(N[C@H](C)CO)n2)cc1. The predicted molar refractivity (Wildman–Crippen MR) is 136 cm³/mol. The van der Waals surface area contributed by atoms with Crippen LogP contribution in [0.25, 0.3) is 11.1 Å². The number of aliphatic hydroxyl groups is 1. The molecule has 0 aliphatic carbocycles. The average molecular weight is 500 g/mol. The van der Waals surface area contributed by atoms with Gasteiger partial charge in [-0.3, -0.25) is 0 Å². The van der Waals surface area contributed by atoms with Crippen molar-refractivity contribution >= 4 is 33.3 Å². The Morgan fingerprint density at radius 1 is 1.23 bits per heavy atom. The molecule has 1 heterocycles. The van der Waals surface area contributed by atoms with Crippen LogP contribution in [0, 0.1) is 0 Å². The molecule has 2 atom stereocenters. The molecule has 11 heteroatoms. The van der Waals surface area contributed by atoms with E-state index in [2.05, 4.69) is 25.0 Å². The molecule has 3 N–H and O–H groups in total. The van der Waals surface area contributed by atoms with Crippen molar-refractivity contribution in [1.82, 2.24) is 9.97 Å². The van der Waals surface area contributed by atoms with Gasteiger partial charge in [0, 0.05) is 34.6 Å². The molecule has 186 valence electrons. The molecule has 1 unspecified atom stereocenters. The number of rotatable bonds is 9. The number of carbonyl (C=O) groups is 1. The van der Waals surface area contributed by atoms with Gasteiger partial charge in [0.15, 0.2) is 0 Å². The molecule has 1 amide bonds. The van der Waals surface area contributed by atoms with E-state index in [1.54, 1.807) is 44.5 Å². The molecule has 0 spiro atoms. The number of methoxy groups -OCH3 is 1. The summed E-state index contributed by atoms with van der Waals surface area (Å²) in [5.41, 5.74) is 2.25. The van der Waals surface area contributed by atoms with E-state index in [4.69, 9.17) is 9.47 Å². The highest BCUT2D eigenvalue weighted by molar-refractivity contribution is 7.93. The smallest absolute Gasteiger partial charge is 0.442 e. The minimum Gasteiger partial charge on any atom is -0.497 e. The van der Waals surface area contributed by atoms with Crippen LogP contribution < -0.4 is 15.4 Å². The van der Waals surface area contributed by atoms with Crippen LogP contribution in [0.15, 0.2) is 64.0 Å². The van der Waals surface area contributed by atoms with Gasteiger partial charge in [0.25, 0.3) is 0 Å². The van der Waals surface area contributed by atoms with E-state index >= 15 is 0 Å². The fourth-order valence-electron chi connectivity index (χ4n) is 3.10. The van der Waals surface area contributed by atoms with E-state index < -0.39 is 15.8 Å². The van der Waals surface area contributed by atoms with Gasteiger partial charge in [-0.2, -0.15) is 4.98 Å². The van der Waals surface area contributed by atoms with Crippen LogP contribution in [-0.4, -0.2) is 58.0 Å². The molecular weight excluding hydrogens is 470 g/mol. The van der Waals surface area contributed by atoms with Gasteiger partial charge in [-0.05, 0) is 55.8 Å². The highest BCUT2D eigenvalue weighted by atomic mass is 32.2. The molecule has 3 aromatic rings. The normalized spacial score (nSPS) is 13.3. The number of aliphatic hydroxyl groups excluding tert-OH is 1. The maximum atomic E-state index is 12.8. The monoisotopic (exact) mass is 499 g/mol. The second-order valence-corrected chi connectivity index (χ2v) is 9.92. The molecule has 0 saturated carbocycles. The van der Waals surface area contributed by atoms with Crippen molar-refractivity contribution in [3.05, 3.63) is 54.7 Å². The van der Waals surface area contributed by atoms with Crippen LogP contribution >= 0.6 is 0 Å². The van der Waals surface area contributed by atoms with E-state index in [-0.39, 0.29) is 19.3 Å². The average Bonchev–Trinajstić information content (AvgIpc) is 2.84.